The Morgan fingerprint density at radius 3 is 2.35 bits per heavy atom. The highest BCUT2D eigenvalue weighted by molar-refractivity contribution is 6.61. The Bertz CT molecular complexity index is 541. The van der Waals surface area contributed by atoms with Crippen LogP contribution >= 0.6 is 0 Å². The van der Waals surface area contributed by atoms with Gasteiger partial charge >= 0.3 is 7.12 Å². The van der Waals surface area contributed by atoms with Crippen LogP contribution in [-0.2, 0) is 14.3 Å². The molecule has 1 aromatic rings. The van der Waals surface area contributed by atoms with Crippen molar-refractivity contribution in [2.45, 2.75) is 51.7 Å². The van der Waals surface area contributed by atoms with Gasteiger partial charge in [-0.15, -0.1) is 0 Å². The number of hydrogen-bond donors (Lipinski definition) is 1. The van der Waals surface area contributed by atoms with Gasteiger partial charge in [0.25, 0.3) is 0 Å². The van der Waals surface area contributed by atoms with Crippen LogP contribution in [0.2, 0.25) is 0 Å². The van der Waals surface area contributed by atoms with E-state index >= 15 is 0 Å². The summed E-state index contributed by atoms with van der Waals surface area (Å²) in [5.74, 6) is -1.47. The van der Waals surface area contributed by atoms with Gasteiger partial charge in [-0.2, -0.15) is 0 Å². The minimum absolute atomic E-state index is 0.275. The van der Waals surface area contributed by atoms with Crippen molar-refractivity contribution in [2.24, 2.45) is 5.92 Å². The van der Waals surface area contributed by atoms with Gasteiger partial charge in [0.15, 0.2) is 11.6 Å². The lowest BCUT2D eigenvalue weighted by Crippen LogP contribution is -2.54. The summed E-state index contributed by atoms with van der Waals surface area (Å²) in [7, 11) is -1.08. The summed E-state index contributed by atoms with van der Waals surface area (Å²) in [6.07, 6.45) is 2.18. The third kappa shape index (κ3) is 4.98. The van der Waals surface area contributed by atoms with Crippen molar-refractivity contribution in [3.8, 4) is 0 Å². The average molecular weight is 328 g/mol. The van der Waals surface area contributed by atoms with E-state index in [4.69, 9.17) is 14.3 Å². The molecular formula is C16H23BF2O4. The van der Waals surface area contributed by atoms with Gasteiger partial charge in [0, 0.05) is 0 Å². The van der Waals surface area contributed by atoms with Gasteiger partial charge in [-0.1, -0.05) is 6.07 Å². The topological polar surface area (TPSA) is 47.9 Å². The third-order valence-electron chi connectivity index (χ3n) is 4.25. The fourth-order valence-corrected chi connectivity index (χ4v) is 1.70. The zero-order valence-corrected chi connectivity index (χ0v) is 13.9. The number of benzene rings is 1. The average Bonchev–Trinajstić information content (AvgIpc) is 3.23. The number of rotatable bonds is 8. The van der Waals surface area contributed by atoms with Crippen LogP contribution < -0.4 is 5.46 Å². The van der Waals surface area contributed by atoms with E-state index < -0.39 is 30.0 Å². The molecule has 0 saturated heterocycles. The molecule has 1 aromatic carbocycles. The zero-order chi connectivity index (χ0) is 17.3. The van der Waals surface area contributed by atoms with E-state index in [0.717, 1.165) is 25.0 Å². The standard InChI is InChI=1S/C16H23BF2O4/c1-15(2,20)16(3,4)22-17(23-21-10-11-5-6-11)12-7-8-13(18)14(19)9-12/h7-9,11,20H,5-6,10H2,1-4H3. The molecule has 1 N–H and O–H groups in total. The molecule has 4 nitrogen and oxygen atoms in total. The fraction of sp³-hybridized carbons (Fsp3) is 0.625. The van der Waals surface area contributed by atoms with Crippen molar-refractivity contribution < 1.29 is 28.2 Å². The van der Waals surface area contributed by atoms with Gasteiger partial charge in [-0.3, -0.25) is 4.81 Å². The molecule has 0 heterocycles. The van der Waals surface area contributed by atoms with Crippen LogP contribution in [0.4, 0.5) is 8.78 Å². The molecule has 1 fully saturated rings. The number of hydrogen-bond acceptors (Lipinski definition) is 4. The molecule has 7 heteroatoms. The van der Waals surface area contributed by atoms with E-state index in [9.17, 15) is 13.9 Å². The Morgan fingerprint density at radius 2 is 1.83 bits per heavy atom. The van der Waals surface area contributed by atoms with Crippen LogP contribution in [0.1, 0.15) is 40.5 Å². The van der Waals surface area contributed by atoms with E-state index in [2.05, 4.69) is 0 Å². The Balaban J connectivity index is 2.14. The van der Waals surface area contributed by atoms with E-state index in [-0.39, 0.29) is 5.46 Å². The normalized spacial score (nSPS) is 15.8. The first-order chi connectivity index (χ1) is 10.6. The first kappa shape index (κ1) is 18.3. The first-order valence-corrected chi connectivity index (χ1v) is 7.73. The number of halogens is 2. The maximum Gasteiger partial charge on any atom is 0.526 e. The SMILES string of the molecule is CC(C)(O)C(C)(C)OB(OOCC1CC1)c1ccc(F)c(F)c1. The molecule has 0 atom stereocenters. The Labute approximate surface area is 135 Å². The molecular weight excluding hydrogens is 305 g/mol. The third-order valence-corrected chi connectivity index (χ3v) is 4.25. The van der Waals surface area contributed by atoms with Gasteiger partial charge in [-0.05, 0) is 64.1 Å². The van der Waals surface area contributed by atoms with Gasteiger partial charge in [0.2, 0.25) is 0 Å². The van der Waals surface area contributed by atoms with E-state index in [1.54, 1.807) is 27.7 Å². The monoisotopic (exact) mass is 328 g/mol. The quantitative estimate of drug-likeness (QED) is 0.453. The summed E-state index contributed by atoms with van der Waals surface area (Å²) in [6, 6.07) is 3.37. The Hall–Kier alpha value is -1.02. The van der Waals surface area contributed by atoms with Crippen molar-refractivity contribution in [3.05, 3.63) is 29.8 Å². The van der Waals surface area contributed by atoms with Crippen LogP contribution in [0, 0.1) is 17.6 Å². The molecule has 0 spiro atoms. The fourth-order valence-electron chi connectivity index (χ4n) is 1.70. The van der Waals surface area contributed by atoms with Crippen molar-refractivity contribution in [1.82, 2.24) is 0 Å². The summed E-state index contributed by atoms with van der Waals surface area (Å²) in [6.45, 7) is 6.99. The summed E-state index contributed by atoms with van der Waals surface area (Å²) < 4.78 is 32.4. The second-order valence-electron chi connectivity index (χ2n) is 7.02. The highest BCUT2D eigenvalue weighted by Gasteiger charge is 2.41. The molecule has 0 bridgehead atoms. The lowest BCUT2D eigenvalue weighted by Gasteiger charge is -2.39. The molecule has 0 unspecified atom stereocenters. The van der Waals surface area contributed by atoms with Crippen molar-refractivity contribution in [1.29, 1.82) is 0 Å². The molecule has 0 radical (unpaired) electrons. The predicted octanol–water partition coefficient (Wildman–Crippen LogP) is 2.58. The maximum atomic E-state index is 13.5. The molecule has 23 heavy (non-hydrogen) atoms. The molecule has 1 aliphatic rings. The highest BCUT2D eigenvalue weighted by atomic mass is 19.2. The van der Waals surface area contributed by atoms with Crippen LogP contribution in [0.15, 0.2) is 18.2 Å². The van der Waals surface area contributed by atoms with Crippen molar-refractivity contribution in [2.75, 3.05) is 6.61 Å². The maximum absolute atomic E-state index is 13.5. The van der Waals surface area contributed by atoms with Crippen LogP contribution in [0.3, 0.4) is 0 Å². The van der Waals surface area contributed by atoms with Crippen LogP contribution in [0.25, 0.3) is 0 Å². The molecule has 2 rings (SSSR count). The molecule has 0 aliphatic heterocycles. The van der Waals surface area contributed by atoms with Gasteiger partial charge in [0.05, 0.1) is 17.8 Å². The van der Waals surface area contributed by atoms with Gasteiger partial charge in [-0.25, -0.2) is 13.7 Å². The van der Waals surface area contributed by atoms with Gasteiger partial charge in [0.1, 0.15) is 0 Å². The highest BCUT2D eigenvalue weighted by Crippen LogP contribution is 2.29. The lowest BCUT2D eigenvalue weighted by molar-refractivity contribution is -0.236. The van der Waals surface area contributed by atoms with E-state index in [0.29, 0.717) is 12.5 Å². The van der Waals surface area contributed by atoms with Crippen molar-refractivity contribution >= 4 is 12.6 Å². The summed E-state index contributed by atoms with van der Waals surface area (Å²) in [5.41, 5.74) is -1.91. The summed E-state index contributed by atoms with van der Waals surface area (Å²) in [5, 5.41) is 10.2. The minimum atomic E-state index is -1.18. The predicted molar refractivity (Wildman–Crippen MR) is 83.0 cm³/mol. The van der Waals surface area contributed by atoms with Gasteiger partial charge < -0.3 is 9.76 Å². The second kappa shape index (κ2) is 6.85. The molecule has 0 aromatic heterocycles. The second-order valence-corrected chi connectivity index (χ2v) is 7.02. The minimum Gasteiger partial charge on any atom is -0.398 e. The van der Waals surface area contributed by atoms with Crippen molar-refractivity contribution in [3.63, 3.8) is 0 Å². The largest absolute Gasteiger partial charge is 0.526 e. The van der Waals surface area contributed by atoms with Crippen LogP contribution in [-0.4, -0.2) is 30.0 Å². The van der Waals surface area contributed by atoms with Crippen LogP contribution in [0.5, 0.6) is 0 Å². The smallest absolute Gasteiger partial charge is 0.398 e. The molecule has 1 aliphatic carbocycles. The Kier molecular flexibility index (Phi) is 5.46. The summed E-state index contributed by atoms with van der Waals surface area (Å²) in [4.78, 5) is 10.5. The van der Waals surface area contributed by atoms with E-state index in [1.165, 1.54) is 6.07 Å². The zero-order valence-electron chi connectivity index (χ0n) is 13.9. The number of aliphatic hydroxyl groups is 1. The molecule has 0 amide bonds. The Morgan fingerprint density at radius 1 is 1.17 bits per heavy atom. The molecule has 128 valence electrons. The first-order valence-electron chi connectivity index (χ1n) is 7.73. The summed E-state index contributed by atoms with van der Waals surface area (Å²) >= 11 is 0. The van der Waals surface area contributed by atoms with E-state index in [1.807, 2.05) is 0 Å². The lowest BCUT2D eigenvalue weighted by atomic mass is 9.76. The molecule has 1 saturated carbocycles.